The van der Waals surface area contributed by atoms with Gasteiger partial charge < -0.3 is 18.9 Å². The molecule has 4 aliphatic heterocycles. The third-order valence-electron chi connectivity index (χ3n) is 8.21. The fraction of sp³-hybridized carbons (Fsp3) is 0.118. The van der Waals surface area contributed by atoms with Crippen LogP contribution in [0.2, 0.25) is 0 Å². The highest BCUT2D eigenvalue weighted by Gasteiger charge is 2.40. The molecule has 0 spiro atoms. The Hall–Kier alpha value is -5.44. The molecule has 0 N–H and O–H groups in total. The molecular weight excluding hydrogens is 539 g/mol. The van der Waals surface area contributed by atoms with Crippen LogP contribution >= 0.6 is 0 Å². The van der Waals surface area contributed by atoms with Gasteiger partial charge >= 0.3 is 0 Å². The highest BCUT2D eigenvalue weighted by molar-refractivity contribution is 6.98. The minimum absolute atomic E-state index is 0.0159. The Morgan fingerprint density at radius 1 is 0.535 bits per heavy atom. The maximum absolute atomic E-state index is 6.49. The largest absolute Gasteiger partial charge is 0.474 e. The van der Waals surface area contributed by atoms with Crippen molar-refractivity contribution in [1.29, 1.82) is 0 Å². The molecule has 0 radical (unpaired) electrons. The average Bonchev–Trinajstić information content (AvgIpc) is 3.80. The lowest BCUT2D eigenvalue weighted by Crippen LogP contribution is -2.57. The molecule has 3 aromatic carbocycles. The second kappa shape index (κ2) is 9.56. The summed E-state index contributed by atoms with van der Waals surface area (Å²) < 4.78 is 24.1. The van der Waals surface area contributed by atoms with Gasteiger partial charge in [0.05, 0.1) is 13.1 Å². The van der Waals surface area contributed by atoms with Crippen molar-refractivity contribution in [3.05, 3.63) is 103 Å². The summed E-state index contributed by atoms with van der Waals surface area (Å²) in [4.78, 5) is 17.9. The van der Waals surface area contributed by atoms with Crippen LogP contribution in [0.15, 0.2) is 101 Å². The quantitative estimate of drug-likeness (QED) is 0.301. The SMILES string of the molecule is c1cc2c3c(c1)Oc1cc(-c4ccc(C5=NCCO5)nc4)ccc1B3c1ccc(-c3ccc(C4=NCCO4)nc3)cc1O2. The van der Waals surface area contributed by atoms with Crippen molar-refractivity contribution in [2.45, 2.75) is 0 Å². The molecule has 9 rings (SSSR count). The first-order valence-electron chi connectivity index (χ1n) is 14.3. The summed E-state index contributed by atoms with van der Waals surface area (Å²) in [5, 5.41) is 0. The minimum atomic E-state index is -0.0159. The number of aromatic nitrogens is 2. The lowest BCUT2D eigenvalue weighted by molar-refractivity contribution is 0.347. The highest BCUT2D eigenvalue weighted by Crippen LogP contribution is 2.37. The van der Waals surface area contributed by atoms with Gasteiger partial charge in [0.1, 0.15) is 47.6 Å². The number of nitrogens with zero attached hydrogens (tertiary/aromatic N) is 4. The van der Waals surface area contributed by atoms with Crippen LogP contribution in [0.3, 0.4) is 0 Å². The van der Waals surface area contributed by atoms with E-state index in [0.29, 0.717) is 38.1 Å². The second-order valence-electron chi connectivity index (χ2n) is 10.7. The summed E-state index contributed by atoms with van der Waals surface area (Å²) in [6.07, 6.45) is 3.72. The normalized spacial score (nSPS) is 15.6. The number of ether oxygens (including phenoxy) is 4. The molecule has 5 aromatic rings. The van der Waals surface area contributed by atoms with Crippen LogP contribution in [0.4, 0.5) is 0 Å². The standard InChI is InChI=1S/C34H23BN4O4/c1-2-28-32-29(3-1)43-31-17-21(23-7-11-27(39-19-23)34-37-13-15-41-34)5-9-25(31)35(32)24-8-4-20(16-30(24)42-28)22-6-10-26(38-18-22)33-36-12-14-40-33/h1-11,16-19H,12-15H2. The van der Waals surface area contributed by atoms with Gasteiger partial charge in [0.2, 0.25) is 11.8 Å². The Balaban J connectivity index is 1.08. The minimum Gasteiger partial charge on any atom is -0.474 e. The smallest absolute Gasteiger partial charge is 0.260 e. The lowest BCUT2D eigenvalue weighted by Gasteiger charge is -2.33. The molecular formula is C34H23BN4O4. The number of pyridine rings is 2. The average molecular weight is 562 g/mol. The maximum atomic E-state index is 6.49. The van der Waals surface area contributed by atoms with Gasteiger partial charge in [-0.2, -0.15) is 0 Å². The Morgan fingerprint density at radius 2 is 1.05 bits per heavy atom. The van der Waals surface area contributed by atoms with E-state index in [2.05, 4.69) is 56.4 Å². The zero-order chi connectivity index (χ0) is 28.3. The van der Waals surface area contributed by atoms with Crippen molar-refractivity contribution < 1.29 is 18.9 Å². The second-order valence-corrected chi connectivity index (χ2v) is 10.7. The molecule has 0 bridgehead atoms. The molecule has 0 unspecified atom stereocenters. The summed E-state index contributed by atoms with van der Waals surface area (Å²) in [7, 11) is 0. The van der Waals surface area contributed by atoms with Gasteiger partial charge in [0.25, 0.3) is 6.71 Å². The predicted molar refractivity (Wildman–Crippen MR) is 165 cm³/mol. The van der Waals surface area contributed by atoms with Gasteiger partial charge in [0, 0.05) is 29.0 Å². The molecule has 2 aromatic heterocycles. The molecule has 0 atom stereocenters. The molecule has 0 amide bonds. The first-order chi connectivity index (χ1) is 21.3. The molecule has 0 saturated heterocycles. The van der Waals surface area contributed by atoms with Gasteiger partial charge in [-0.15, -0.1) is 0 Å². The Kier molecular flexibility index (Phi) is 5.38. The number of hydrogen-bond donors (Lipinski definition) is 0. The zero-order valence-corrected chi connectivity index (χ0v) is 23.0. The van der Waals surface area contributed by atoms with Crippen molar-refractivity contribution >= 4 is 34.9 Å². The molecule has 8 nitrogen and oxygen atoms in total. The monoisotopic (exact) mass is 562 g/mol. The van der Waals surface area contributed by atoms with Crippen LogP contribution in [-0.4, -0.2) is 54.8 Å². The van der Waals surface area contributed by atoms with Gasteiger partial charge in [-0.1, -0.05) is 42.5 Å². The summed E-state index contributed by atoms with van der Waals surface area (Å²) in [6.45, 7) is 2.56. The van der Waals surface area contributed by atoms with E-state index in [9.17, 15) is 0 Å². The molecule has 0 aliphatic carbocycles. The molecule has 206 valence electrons. The topological polar surface area (TPSA) is 87.4 Å². The van der Waals surface area contributed by atoms with E-state index < -0.39 is 0 Å². The van der Waals surface area contributed by atoms with Crippen LogP contribution in [0.5, 0.6) is 23.0 Å². The first kappa shape index (κ1) is 24.2. The summed E-state index contributed by atoms with van der Waals surface area (Å²) in [5.74, 6) is 4.49. The third kappa shape index (κ3) is 4.00. The Morgan fingerprint density at radius 3 is 1.49 bits per heavy atom. The van der Waals surface area contributed by atoms with Crippen LogP contribution in [0.25, 0.3) is 22.3 Å². The van der Waals surface area contributed by atoms with Crippen molar-refractivity contribution in [2.75, 3.05) is 26.3 Å². The summed E-state index contributed by atoms with van der Waals surface area (Å²) in [6, 6.07) is 26.8. The fourth-order valence-corrected chi connectivity index (χ4v) is 6.15. The van der Waals surface area contributed by atoms with E-state index in [1.807, 2.05) is 54.9 Å². The number of benzene rings is 3. The Bertz CT molecular complexity index is 1850. The van der Waals surface area contributed by atoms with Gasteiger partial charge in [-0.05, 0) is 58.5 Å². The lowest BCUT2D eigenvalue weighted by atomic mass is 9.35. The van der Waals surface area contributed by atoms with Gasteiger partial charge in [-0.3, -0.25) is 9.97 Å². The van der Waals surface area contributed by atoms with Crippen LogP contribution in [-0.2, 0) is 9.47 Å². The number of fused-ring (bicyclic) bond motifs is 4. The Labute approximate surface area is 247 Å². The predicted octanol–water partition coefficient (Wildman–Crippen LogP) is 4.09. The molecule has 0 fully saturated rings. The summed E-state index contributed by atoms with van der Waals surface area (Å²) in [5.41, 5.74) is 8.80. The molecule has 6 heterocycles. The van der Waals surface area contributed by atoms with Crippen molar-refractivity contribution in [1.82, 2.24) is 9.97 Å². The summed E-state index contributed by atoms with van der Waals surface area (Å²) >= 11 is 0. The van der Waals surface area contributed by atoms with E-state index >= 15 is 0 Å². The fourth-order valence-electron chi connectivity index (χ4n) is 6.15. The van der Waals surface area contributed by atoms with Crippen molar-refractivity contribution in [2.24, 2.45) is 9.98 Å². The maximum Gasteiger partial charge on any atom is 0.260 e. The molecule has 43 heavy (non-hydrogen) atoms. The zero-order valence-electron chi connectivity index (χ0n) is 23.0. The highest BCUT2D eigenvalue weighted by atomic mass is 16.5. The van der Waals surface area contributed by atoms with Crippen LogP contribution < -0.4 is 25.9 Å². The number of hydrogen-bond acceptors (Lipinski definition) is 8. The number of aliphatic imine (C=N–C) groups is 2. The van der Waals surface area contributed by atoms with E-state index in [0.717, 1.165) is 73.0 Å². The van der Waals surface area contributed by atoms with Gasteiger partial charge in [-0.25, -0.2) is 9.98 Å². The third-order valence-corrected chi connectivity index (χ3v) is 8.21. The number of rotatable bonds is 4. The van der Waals surface area contributed by atoms with Crippen LogP contribution in [0.1, 0.15) is 11.4 Å². The van der Waals surface area contributed by atoms with Crippen molar-refractivity contribution in [3.8, 4) is 45.3 Å². The van der Waals surface area contributed by atoms with Crippen LogP contribution in [0, 0.1) is 0 Å². The van der Waals surface area contributed by atoms with E-state index in [-0.39, 0.29) is 6.71 Å². The van der Waals surface area contributed by atoms with E-state index in [1.165, 1.54) is 0 Å². The van der Waals surface area contributed by atoms with Crippen molar-refractivity contribution in [3.63, 3.8) is 0 Å². The van der Waals surface area contributed by atoms with E-state index in [4.69, 9.17) is 18.9 Å². The van der Waals surface area contributed by atoms with E-state index in [1.54, 1.807) is 0 Å². The van der Waals surface area contributed by atoms with Gasteiger partial charge in [0.15, 0.2) is 0 Å². The molecule has 9 heteroatoms. The first-order valence-corrected chi connectivity index (χ1v) is 14.3. The molecule has 4 aliphatic rings. The molecule has 0 saturated carbocycles.